The normalized spacial score (nSPS) is 14.1. The Balaban J connectivity index is 3.82. The zero-order chi connectivity index (χ0) is 18.1. The number of allylic oxidation sites excluding steroid dienone is 7. The van der Waals surface area contributed by atoms with Gasteiger partial charge in [-0.25, -0.2) is 8.78 Å². The van der Waals surface area contributed by atoms with Crippen molar-refractivity contribution in [3.8, 4) is 0 Å². The Morgan fingerprint density at radius 3 is 2.33 bits per heavy atom. The Morgan fingerprint density at radius 2 is 1.83 bits per heavy atom. The third kappa shape index (κ3) is 5.19. The van der Waals surface area contributed by atoms with Gasteiger partial charge in [0.05, 0.1) is 5.70 Å². The fourth-order valence-electron chi connectivity index (χ4n) is 2.49. The number of nitrogens with zero attached hydrogens (tertiary/aromatic N) is 1. The lowest BCUT2D eigenvalue weighted by atomic mass is 9.96. The van der Waals surface area contributed by atoms with Crippen LogP contribution in [0.25, 0.3) is 5.70 Å². The molecule has 0 saturated heterocycles. The van der Waals surface area contributed by atoms with E-state index in [-0.39, 0.29) is 11.6 Å². The molecule has 0 spiro atoms. The van der Waals surface area contributed by atoms with Crippen molar-refractivity contribution in [2.75, 3.05) is 14.1 Å². The Kier molecular flexibility index (Phi) is 8.17. The Labute approximate surface area is 144 Å². The van der Waals surface area contributed by atoms with Crippen LogP contribution in [0.1, 0.15) is 39.2 Å². The molecule has 0 fully saturated rings. The molecule has 0 aliphatic carbocycles. The molecule has 0 atom stereocenters. The van der Waals surface area contributed by atoms with Crippen molar-refractivity contribution in [1.82, 2.24) is 4.90 Å². The number of benzene rings is 1. The van der Waals surface area contributed by atoms with Crippen LogP contribution in [0.4, 0.5) is 8.78 Å². The first-order valence-electron chi connectivity index (χ1n) is 8.31. The van der Waals surface area contributed by atoms with Gasteiger partial charge in [0.15, 0.2) is 0 Å². The lowest BCUT2D eigenvalue weighted by Gasteiger charge is -2.23. The van der Waals surface area contributed by atoms with E-state index in [1.807, 2.05) is 51.1 Å². The molecule has 0 unspecified atom stereocenters. The number of hydrogen-bond acceptors (Lipinski definition) is 1. The molecule has 1 aromatic carbocycles. The van der Waals surface area contributed by atoms with Crippen LogP contribution >= 0.6 is 0 Å². The summed E-state index contributed by atoms with van der Waals surface area (Å²) in [6.45, 7) is 5.71. The van der Waals surface area contributed by atoms with E-state index >= 15 is 0 Å². The highest BCUT2D eigenvalue weighted by Gasteiger charge is 2.16. The number of halogens is 2. The Morgan fingerprint density at radius 1 is 1.17 bits per heavy atom. The van der Waals surface area contributed by atoms with Crippen molar-refractivity contribution in [3.05, 3.63) is 76.9 Å². The third-order valence-electron chi connectivity index (χ3n) is 3.55. The van der Waals surface area contributed by atoms with Gasteiger partial charge in [0.1, 0.15) is 11.6 Å². The molecule has 1 rings (SSSR count). The number of hydrogen-bond donors (Lipinski definition) is 0. The maximum Gasteiger partial charge on any atom is 0.132 e. The second kappa shape index (κ2) is 9.86. The molecule has 3 heteroatoms. The average Bonchev–Trinajstić information content (AvgIpc) is 2.55. The molecular formula is C21H27F2N. The first-order valence-corrected chi connectivity index (χ1v) is 8.31. The van der Waals surface area contributed by atoms with Crippen LogP contribution in [0.5, 0.6) is 0 Å². The van der Waals surface area contributed by atoms with Crippen molar-refractivity contribution in [2.45, 2.75) is 33.6 Å². The molecule has 1 aromatic rings. The zero-order valence-electron chi connectivity index (χ0n) is 15.2. The highest BCUT2D eigenvalue weighted by molar-refractivity contribution is 5.75. The van der Waals surface area contributed by atoms with E-state index in [1.165, 1.54) is 12.1 Å². The lowest BCUT2D eigenvalue weighted by molar-refractivity contribution is 0.568. The van der Waals surface area contributed by atoms with Gasteiger partial charge < -0.3 is 4.90 Å². The first kappa shape index (κ1) is 19.9. The average molecular weight is 331 g/mol. The van der Waals surface area contributed by atoms with Crippen LogP contribution in [0.2, 0.25) is 0 Å². The molecule has 0 aliphatic rings. The highest BCUT2D eigenvalue weighted by atomic mass is 19.1. The van der Waals surface area contributed by atoms with Gasteiger partial charge in [0, 0.05) is 25.2 Å². The minimum Gasteiger partial charge on any atom is -0.377 e. The van der Waals surface area contributed by atoms with Crippen LogP contribution in [0.15, 0.2) is 65.5 Å². The molecule has 0 N–H and O–H groups in total. The molecule has 0 bridgehead atoms. The molecule has 24 heavy (non-hydrogen) atoms. The smallest absolute Gasteiger partial charge is 0.132 e. The standard InChI is InChI=1S/C21H27F2N/c1-6-11-16(12-7-2)19(15-17(22)8-3)21(24(4)5)18-13-9-10-14-20(18)23/h6,9-15H,7-8H2,1-5H3/b11-6-,16-12+,17-15+,21-19-. The Hall–Kier alpha value is -2.16. The summed E-state index contributed by atoms with van der Waals surface area (Å²) in [4.78, 5) is 1.83. The van der Waals surface area contributed by atoms with E-state index in [4.69, 9.17) is 0 Å². The molecule has 0 radical (unpaired) electrons. The lowest BCUT2D eigenvalue weighted by Crippen LogP contribution is -2.14. The predicted octanol–water partition coefficient (Wildman–Crippen LogP) is 6.27. The molecule has 0 aliphatic heterocycles. The predicted molar refractivity (Wildman–Crippen MR) is 99.7 cm³/mol. The highest BCUT2D eigenvalue weighted by Crippen LogP contribution is 2.30. The topological polar surface area (TPSA) is 3.24 Å². The van der Waals surface area contributed by atoms with Crippen LogP contribution in [-0.4, -0.2) is 19.0 Å². The minimum atomic E-state index is -0.319. The van der Waals surface area contributed by atoms with Crippen molar-refractivity contribution in [1.29, 1.82) is 0 Å². The van der Waals surface area contributed by atoms with Gasteiger partial charge in [-0.3, -0.25) is 0 Å². The van der Waals surface area contributed by atoms with Crippen molar-refractivity contribution >= 4 is 5.70 Å². The maximum atomic E-state index is 14.4. The second-order valence-corrected chi connectivity index (χ2v) is 5.65. The first-order chi connectivity index (χ1) is 11.5. The zero-order valence-corrected chi connectivity index (χ0v) is 15.2. The summed E-state index contributed by atoms with van der Waals surface area (Å²) in [5, 5.41) is 0. The third-order valence-corrected chi connectivity index (χ3v) is 3.55. The van der Waals surface area contributed by atoms with Crippen molar-refractivity contribution in [2.24, 2.45) is 0 Å². The molecular weight excluding hydrogens is 304 g/mol. The van der Waals surface area contributed by atoms with Crippen molar-refractivity contribution in [3.63, 3.8) is 0 Å². The van der Waals surface area contributed by atoms with Crippen LogP contribution in [-0.2, 0) is 0 Å². The molecule has 0 amide bonds. The molecule has 0 heterocycles. The second-order valence-electron chi connectivity index (χ2n) is 5.65. The summed E-state index contributed by atoms with van der Waals surface area (Å²) in [7, 11) is 3.69. The summed E-state index contributed by atoms with van der Waals surface area (Å²) in [5.74, 6) is -0.549. The van der Waals surface area contributed by atoms with E-state index < -0.39 is 0 Å². The van der Waals surface area contributed by atoms with Gasteiger partial charge in [-0.05, 0) is 43.5 Å². The van der Waals surface area contributed by atoms with Gasteiger partial charge in [-0.1, -0.05) is 44.2 Å². The molecule has 0 saturated carbocycles. The maximum absolute atomic E-state index is 14.4. The summed E-state index contributed by atoms with van der Waals surface area (Å²) in [6.07, 6.45) is 8.50. The van der Waals surface area contributed by atoms with Gasteiger partial charge in [0.25, 0.3) is 0 Å². The SMILES string of the molecule is C\C=C/C(=C\CC)C(/C=C(/F)CC)=C(/c1ccccc1F)N(C)C. The number of rotatable bonds is 7. The monoisotopic (exact) mass is 331 g/mol. The van der Waals surface area contributed by atoms with E-state index in [2.05, 4.69) is 0 Å². The van der Waals surface area contributed by atoms with E-state index in [0.29, 0.717) is 23.3 Å². The summed E-state index contributed by atoms with van der Waals surface area (Å²) in [5.41, 5.74) is 2.69. The minimum absolute atomic E-state index is 0.229. The van der Waals surface area contributed by atoms with Crippen molar-refractivity contribution < 1.29 is 8.78 Å². The van der Waals surface area contributed by atoms with E-state index in [0.717, 1.165) is 12.0 Å². The quantitative estimate of drug-likeness (QED) is 0.532. The Bertz CT molecular complexity index is 664. The van der Waals surface area contributed by atoms with Gasteiger partial charge in [-0.15, -0.1) is 0 Å². The summed E-state index contributed by atoms with van der Waals surface area (Å²) in [6, 6.07) is 6.60. The summed E-state index contributed by atoms with van der Waals surface area (Å²) >= 11 is 0. The molecule has 130 valence electrons. The van der Waals surface area contributed by atoms with Crippen LogP contribution in [0, 0.1) is 5.82 Å². The summed E-state index contributed by atoms with van der Waals surface area (Å²) < 4.78 is 28.5. The van der Waals surface area contributed by atoms with E-state index in [1.54, 1.807) is 25.1 Å². The fourth-order valence-corrected chi connectivity index (χ4v) is 2.49. The van der Waals surface area contributed by atoms with Gasteiger partial charge in [-0.2, -0.15) is 0 Å². The largest absolute Gasteiger partial charge is 0.377 e. The van der Waals surface area contributed by atoms with Gasteiger partial charge in [0.2, 0.25) is 0 Å². The molecule has 0 aromatic heterocycles. The van der Waals surface area contributed by atoms with Crippen LogP contribution in [0.3, 0.4) is 0 Å². The van der Waals surface area contributed by atoms with Gasteiger partial charge >= 0.3 is 0 Å². The molecule has 1 nitrogen and oxygen atoms in total. The van der Waals surface area contributed by atoms with E-state index in [9.17, 15) is 8.78 Å². The fraction of sp³-hybridized carbons (Fsp3) is 0.333. The van der Waals surface area contributed by atoms with Crippen LogP contribution < -0.4 is 0 Å².